The maximum absolute atomic E-state index is 9.04. The Hall–Kier alpha value is -0.730. The van der Waals surface area contributed by atoms with Gasteiger partial charge in [0.2, 0.25) is 0 Å². The molecule has 21 heavy (non-hydrogen) atoms. The van der Waals surface area contributed by atoms with Gasteiger partial charge in [0, 0.05) is 6.92 Å². The number of hydrogen-bond donors (Lipinski definition) is 3. The zero-order valence-corrected chi connectivity index (χ0v) is 13.6. The molecule has 0 aromatic heterocycles. The van der Waals surface area contributed by atoms with Gasteiger partial charge < -0.3 is 29.5 Å². The molecule has 0 aromatic rings. The average molecular weight is 310 g/mol. The number of aliphatic hydroxyl groups is 2. The second-order valence-electron chi connectivity index (χ2n) is 4.98. The number of aliphatic hydroxyl groups excluding tert-OH is 2. The Labute approximate surface area is 126 Å². The highest BCUT2D eigenvalue weighted by molar-refractivity contribution is 5.62. The van der Waals surface area contributed by atoms with Crippen molar-refractivity contribution in [2.24, 2.45) is 0 Å². The lowest BCUT2D eigenvalue weighted by molar-refractivity contribution is -0.134. The van der Waals surface area contributed by atoms with Gasteiger partial charge in [0.15, 0.2) is 0 Å². The third-order valence-corrected chi connectivity index (χ3v) is 2.11. The number of carboxylic acid groups (broad SMARTS) is 1. The Morgan fingerprint density at radius 3 is 1.57 bits per heavy atom. The molecule has 0 saturated heterocycles. The minimum absolute atomic E-state index is 0.0145. The van der Waals surface area contributed by atoms with Crippen molar-refractivity contribution in [1.29, 1.82) is 0 Å². The molecule has 0 saturated carbocycles. The molecule has 0 aliphatic heterocycles. The van der Waals surface area contributed by atoms with E-state index in [4.69, 9.17) is 34.3 Å². The Bertz CT molecular complexity index is 241. The highest BCUT2D eigenvalue weighted by Gasteiger charge is 2.09. The van der Waals surface area contributed by atoms with E-state index in [1.54, 1.807) is 13.8 Å². The number of hydrogen-bond acceptors (Lipinski definition) is 6. The van der Waals surface area contributed by atoms with Crippen LogP contribution < -0.4 is 0 Å². The first-order chi connectivity index (χ1) is 9.68. The van der Waals surface area contributed by atoms with Gasteiger partial charge in [0.05, 0.1) is 50.8 Å². The lowest BCUT2D eigenvalue weighted by Gasteiger charge is -2.19. The van der Waals surface area contributed by atoms with Gasteiger partial charge in [-0.05, 0) is 27.7 Å². The van der Waals surface area contributed by atoms with Crippen molar-refractivity contribution in [3.8, 4) is 0 Å². The third kappa shape index (κ3) is 21.7. The fourth-order valence-electron chi connectivity index (χ4n) is 1.05. The van der Waals surface area contributed by atoms with Crippen LogP contribution in [0.5, 0.6) is 0 Å². The van der Waals surface area contributed by atoms with Crippen molar-refractivity contribution in [3.05, 3.63) is 0 Å². The van der Waals surface area contributed by atoms with E-state index in [9.17, 15) is 0 Å². The lowest BCUT2D eigenvalue weighted by atomic mass is 10.3. The van der Waals surface area contributed by atoms with Crippen LogP contribution >= 0.6 is 0 Å². The molecule has 3 N–H and O–H groups in total. The summed E-state index contributed by atoms with van der Waals surface area (Å²) < 4.78 is 16.2. The molecule has 7 heteroatoms. The van der Waals surface area contributed by atoms with Crippen LogP contribution in [0.2, 0.25) is 0 Å². The van der Waals surface area contributed by atoms with Crippen LogP contribution in [0, 0.1) is 0 Å². The van der Waals surface area contributed by atoms with Gasteiger partial charge in [0.25, 0.3) is 5.97 Å². The van der Waals surface area contributed by atoms with E-state index >= 15 is 0 Å². The quantitative estimate of drug-likeness (QED) is 0.544. The second-order valence-corrected chi connectivity index (χ2v) is 4.98. The first kappa shape index (κ1) is 22.5. The first-order valence-electron chi connectivity index (χ1n) is 7.02. The first-order valence-corrected chi connectivity index (χ1v) is 7.02. The number of carboxylic acids is 1. The van der Waals surface area contributed by atoms with Crippen molar-refractivity contribution in [2.75, 3.05) is 26.4 Å². The molecule has 0 aliphatic rings. The fourth-order valence-corrected chi connectivity index (χ4v) is 1.05. The van der Waals surface area contributed by atoms with Crippen molar-refractivity contribution in [1.82, 2.24) is 0 Å². The maximum Gasteiger partial charge on any atom is 0.300 e. The van der Waals surface area contributed by atoms with Gasteiger partial charge in [-0.25, -0.2) is 0 Å². The summed E-state index contributed by atoms with van der Waals surface area (Å²) in [6, 6.07) is 0. The molecule has 0 amide bonds. The molecule has 128 valence electrons. The molecule has 0 heterocycles. The number of aliphatic carboxylic acids is 1. The fraction of sp³-hybridized carbons (Fsp3) is 0.929. The van der Waals surface area contributed by atoms with E-state index < -0.39 is 12.1 Å². The predicted molar refractivity (Wildman–Crippen MR) is 78.3 cm³/mol. The van der Waals surface area contributed by atoms with Crippen molar-refractivity contribution in [2.45, 2.75) is 59.0 Å². The van der Waals surface area contributed by atoms with Gasteiger partial charge >= 0.3 is 0 Å². The molecule has 4 atom stereocenters. The number of rotatable bonds is 10. The summed E-state index contributed by atoms with van der Waals surface area (Å²) in [4.78, 5) is 9.00. The SMILES string of the molecule is CC(=O)O.CC(O)COC(C)COC(C)COC(C)CO. The van der Waals surface area contributed by atoms with Gasteiger partial charge in [0.1, 0.15) is 0 Å². The monoisotopic (exact) mass is 310 g/mol. The second kappa shape index (κ2) is 14.2. The zero-order valence-electron chi connectivity index (χ0n) is 13.6. The van der Waals surface area contributed by atoms with E-state index in [-0.39, 0.29) is 24.9 Å². The summed E-state index contributed by atoms with van der Waals surface area (Å²) in [5, 5.41) is 25.2. The maximum atomic E-state index is 9.04. The molecule has 7 nitrogen and oxygen atoms in total. The molecular formula is C14H30O7. The molecule has 0 rings (SSSR count). The van der Waals surface area contributed by atoms with Crippen molar-refractivity contribution < 1.29 is 34.3 Å². The zero-order chi connectivity index (χ0) is 16.8. The van der Waals surface area contributed by atoms with Gasteiger partial charge in [-0.2, -0.15) is 0 Å². The third-order valence-electron chi connectivity index (χ3n) is 2.11. The summed E-state index contributed by atoms with van der Waals surface area (Å²) in [6.07, 6.45) is -0.711. The van der Waals surface area contributed by atoms with Crippen LogP contribution in [0.4, 0.5) is 0 Å². The number of carbonyl (C=O) groups is 1. The van der Waals surface area contributed by atoms with E-state index in [1.807, 2.05) is 13.8 Å². The van der Waals surface area contributed by atoms with Crippen molar-refractivity contribution in [3.63, 3.8) is 0 Å². The summed E-state index contributed by atoms with van der Waals surface area (Å²) in [6.45, 7) is 9.62. The molecule has 0 bridgehead atoms. The average Bonchev–Trinajstić information content (AvgIpc) is 2.39. The van der Waals surface area contributed by atoms with Crippen LogP contribution in [-0.4, -0.2) is 72.1 Å². The van der Waals surface area contributed by atoms with E-state index in [0.29, 0.717) is 19.8 Å². The van der Waals surface area contributed by atoms with Gasteiger partial charge in [-0.1, -0.05) is 0 Å². The van der Waals surface area contributed by atoms with Crippen LogP contribution in [0.1, 0.15) is 34.6 Å². The molecule has 0 fully saturated rings. The Morgan fingerprint density at radius 2 is 1.24 bits per heavy atom. The Balaban J connectivity index is 0. The van der Waals surface area contributed by atoms with E-state index in [1.165, 1.54) is 0 Å². The van der Waals surface area contributed by atoms with Gasteiger partial charge in [-0.3, -0.25) is 4.79 Å². The van der Waals surface area contributed by atoms with Crippen molar-refractivity contribution >= 4 is 5.97 Å². The normalized spacial score (nSPS) is 16.3. The largest absolute Gasteiger partial charge is 0.481 e. The molecule has 4 unspecified atom stereocenters. The molecular weight excluding hydrogens is 280 g/mol. The minimum atomic E-state index is -0.833. The van der Waals surface area contributed by atoms with E-state index in [2.05, 4.69) is 0 Å². The molecule has 0 aliphatic carbocycles. The Kier molecular flexibility index (Phi) is 15.3. The summed E-state index contributed by atoms with van der Waals surface area (Å²) in [5.74, 6) is -0.833. The Morgan fingerprint density at radius 1 is 0.905 bits per heavy atom. The highest BCUT2D eigenvalue weighted by Crippen LogP contribution is 2.00. The van der Waals surface area contributed by atoms with Gasteiger partial charge in [-0.15, -0.1) is 0 Å². The highest BCUT2D eigenvalue weighted by atomic mass is 16.6. The summed E-state index contributed by atoms with van der Waals surface area (Å²) in [7, 11) is 0. The smallest absolute Gasteiger partial charge is 0.300 e. The van der Waals surface area contributed by atoms with Crippen LogP contribution in [0.25, 0.3) is 0 Å². The van der Waals surface area contributed by atoms with Crippen LogP contribution in [0.15, 0.2) is 0 Å². The molecule has 0 aromatic carbocycles. The summed E-state index contributed by atoms with van der Waals surface area (Å²) in [5.41, 5.74) is 0. The lowest BCUT2D eigenvalue weighted by Crippen LogP contribution is -2.27. The standard InChI is InChI=1S/C12H26O5.C2H4O2/c1-9(14)6-15-11(3)8-17-12(4)7-16-10(2)5-13;1-2(3)4/h9-14H,5-8H2,1-4H3;1H3,(H,3,4). The predicted octanol–water partition coefficient (Wildman–Crippen LogP) is 0.666. The van der Waals surface area contributed by atoms with E-state index in [0.717, 1.165) is 6.92 Å². The topological polar surface area (TPSA) is 105 Å². The van der Waals surface area contributed by atoms with Crippen LogP contribution in [-0.2, 0) is 19.0 Å². The molecule has 0 spiro atoms. The minimum Gasteiger partial charge on any atom is -0.481 e. The molecule has 0 radical (unpaired) electrons. The summed E-state index contributed by atoms with van der Waals surface area (Å²) >= 11 is 0. The number of ether oxygens (including phenoxy) is 3. The van der Waals surface area contributed by atoms with Crippen LogP contribution in [0.3, 0.4) is 0 Å².